The van der Waals surface area contributed by atoms with Crippen LogP contribution < -0.4 is 0 Å². The fourth-order valence-corrected chi connectivity index (χ4v) is 2.05. The second-order valence-electron chi connectivity index (χ2n) is 4.10. The molecule has 2 rings (SSSR count). The fourth-order valence-electron chi connectivity index (χ4n) is 2.05. The van der Waals surface area contributed by atoms with Crippen LogP contribution in [0.15, 0.2) is 36.4 Å². The maximum Gasteiger partial charge on any atom is 0.0214 e. The zero-order valence-electron chi connectivity index (χ0n) is 9.52. The number of hydrogen-bond acceptors (Lipinski definition) is 1. The van der Waals surface area contributed by atoms with Crippen LogP contribution in [0.3, 0.4) is 0 Å². The Morgan fingerprint density at radius 3 is 2.69 bits per heavy atom. The summed E-state index contributed by atoms with van der Waals surface area (Å²) in [5.74, 6) is 2.70. The van der Waals surface area contributed by atoms with Crippen LogP contribution in [0.5, 0.6) is 0 Å². The molecule has 0 saturated carbocycles. The van der Waals surface area contributed by atoms with Crippen molar-refractivity contribution in [3.05, 3.63) is 42.0 Å². The van der Waals surface area contributed by atoms with Gasteiger partial charge in [0.1, 0.15) is 0 Å². The van der Waals surface area contributed by atoms with Crippen molar-refractivity contribution in [1.82, 2.24) is 4.90 Å². The van der Waals surface area contributed by atoms with E-state index in [9.17, 15) is 0 Å². The Morgan fingerprint density at radius 2 is 2.06 bits per heavy atom. The molecular formula is C15H17N. The van der Waals surface area contributed by atoms with E-state index in [0.717, 1.165) is 32.5 Å². The number of benzene rings is 1. The molecule has 0 bridgehead atoms. The molecule has 1 aliphatic heterocycles. The Kier molecular flexibility index (Phi) is 3.80. The lowest BCUT2D eigenvalue weighted by molar-refractivity contribution is 0.309. The summed E-state index contributed by atoms with van der Waals surface area (Å²) in [6, 6.07) is 10.6. The van der Waals surface area contributed by atoms with Crippen molar-refractivity contribution in [1.29, 1.82) is 0 Å². The van der Waals surface area contributed by atoms with Gasteiger partial charge in [0, 0.05) is 26.1 Å². The summed E-state index contributed by atoms with van der Waals surface area (Å²) < 4.78 is 0. The summed E-state index contributed by atoms with van der Waals surface area (Å²) >= 11 is 0. The van der Waals surface area contributed by atoms with Gasteiger partial charge in [-0.25, -0.2) is 0 Å². The smallest absolute Gasteiger partial charge is 0.0214 e. The molecule has 0 spiro atoms. The second kappa shape index (κ2) is 5.53. The van der Waals surface area contributed by atoms with E-state index in [2.05, 4.69) is 47.2 Å². The molecule has 1 aromatic rings. The first kappa shape index (κ1) is 11.0. The van der Waals surface area contributed by atoms with Crippen molar-refractivity contribution < 1.29 is 0 Å². The van der Waals surface area contributed by atoms with E-state index in [0.29, 0.717) is 0 Å². The molecule has 0 atom stereocenters. The van der Waals surface area contributed by atoms with E-state index in [-0.39, 0.29) is 0 Å². The third-order valence-electron chi connectivity index (χ3n) is 3.01. The summed E-state index contributed by atoms with van der Waals surface area (Å²) in [7, 11) is 0. The quantitative estimate of drug-likeness (QED) is 0.695. The number of rotatable bonds is 3. The first-order chi connectivity index (χ1) is 7.90. The number of terminal acetylenes is 1. The van der Waals surface area contributed by atoms with E-state index in [1.54, 1.807) is 0 Å². The van der Waals surface area contributed by atoms with Crippen LogP contribution in [0.1, 0.15) is 18.4 Å². The van der Waals surface area contributed by atoms with Gasteiger partial charge in [-0.2, -0.15) is 0 Å². The molecule has 1 aliphatic rings. The molecule has 1 aromatic carbocycles. The Morgan fingerprint density at radius 1 is 1.25 bits per heavy atom. The molecule has 0 aromatic heterocycles. The van der Waals surface area contributed by atoms with Crippen molar-refractivity contribution in [2.24, 2.45) is 0 Å². The SMILES string of the molecule is C#CCCN1CC=C(c2ccccc2)CC1. The third kappa shape index (κ3) is 2.74. The van der Waals surface area contributed by atoms with Gasteiger partial charge in [0.25, 0.3) is 0 Å². The monoisotopic (exact) mass is 211 g/mol. The molecule has 1 heteroatoms. The van der Waals surface area contributed by atoms with Gasteiger partial charge in [-0.05, 0) is 17.6 Å². The summed E-state index contributed by atoms with van der Waals surface area (Å²) in [5.41, 5.74) is 2.83. The van der Waals surface area contributed by atoms with Crippen molar-refractivity contribution in [2.75, 3.05) is 19.6 Å². The summed E-state index contributed by atoms with van der Waals surface area (Å²) in [5, 5.41) is 0. The van der Waals surface area contributed by atoms with Crippen LogP contribution >= 0.6 is 0 Å². The fraction of sp³-hybridized carbons (Fsp3) is 0.333. The topological polar surface area (TPSA) is 3.24 Å². The van der Waals surface area contributed by atoms with Gasteiger partial charge in [-0.1, -0.05) is 36.4 Å². The zero-order valence-corrected chi connectivity index (χ0v) is 9.52. The highest BCUT2D eigenvalue weighted by Crippen LogP contribution is 2.21. The number of nitrogens with zero attached hydrogens (tertiary/aromatic N) is 1. The Balaban J connectivity index is 1.96. The Bertz CT molecular complexity index is 397. The molecule has 1 nitrogen and oxygen atoms in total. The van der Waals surface area contributed by atoms with Gasteiger partial charge in [0.15, 0.2) is 0 Å². The Hall–Kier alpha value is -1.52. The van der Waals surface area contributed by atoms with Crippen molar-refractivity contribution in [3.8, 4) is 12.3 Å². The van der Waals surface area contributed by atoms with Crippen LogP contribution in [0.25, 0.3) is 5.57 Å². The predicted octanol–water partition coefficient (Wildman–Crippen LogP) is 2.80. The van der Waals surface area contributed by atoms with Gasteiger partial charge >= 0.3 is 0 Å². The lowest BCUT2D eigenvalue weighted by Crippen LogP contribution is -2.29. The average Bonchev–Trinajstić information content (AvgIpc) is 2.38. The van der Waals surface area contributed by atoms with Crippen LogP contribution in [0.4, 0.5) is 0 Å². The minimum Gasteiger partial charge on any atom is -0.298 e. The lowest BCUT2D eigenvalue weighted by atomic mass is 9.99. The van der Waals surface area contributed by atoms with E-state index in [1.165, 1.54) is 11.1 Å². The standard InChI is InChI=1S/C15H17N/c1-2-3-11-16-12-9-15(10-13-16)14-7-5-4-6-8-14/h1,4-9H,3,10-13H2. The van der Waals surface area contributed by atoms with Gasteiger partial charge in [-0.15, -0.1) is 12.3 Å². The van der Waals surface area contributed by atoms with E-state index in [1.807, 2.05) is 0 Å². The van der Waals surface area contributed by atoms with E-state index in [4.69, 9.17) is 6.42 Å². The van der Waals surface area contributed by atoms with E-state index >= 15 is 0 Å². The van der Waals surface area contributed by atoms with Gasteiger partial charge in [-0.3, -0.25) is 4.90 Å². The predicted molar refractivity (Wildman–Crippen MR) is 68.9 cm³/mol. The molecular weight excluding hydrogens is 194 g/mol. The second-order valence-corrected chi connectivity index (χ2v) is 4.10. The lowest BCUT2D eigenvalue weighted by Gasteiger charge is -2.25. The molecule has 0 unspecified atom stereocenters. The van der Waals surface area contributed by atoms with Crippen LogP contribution in [-0.4, -0.2) is 24.5 Å². The zero-order chi connectivity index (χ0) is 11.2. The van der Waals surface area contributed by atoms with Crippen LogP contribution in [0, 0.1) is 12.3 Å². The van der Waals surface area contributed by atoms with Gasteiger partial charge in [0.2, 0.25) is 0 Å². The highest BCUT2D eigenvalue weighted by Gasteiger charge is 2.11. The molecule has 0 radical (unpaired) electrons. The highest BCUT2D eigenvalue weighted by atomic mass is 15.1. The molecule has 0 N–H and O–H groups in total. The van der Waals surface area contributed by atoms with Gasteiger partial charge < -0.3 is 0 Å². The van der Waals surface area contributed by atoms with Crippen molar-refractivity contribution >= 4 is 5.57 Å². The molecule has 0 aliphatic carbocycles. The van der Waals surface area contributed by atoms with Gasteiger partial charge in [0.05, 0.1) is 0 Å². The molecule has 1 heterocycles. The van der Waals surface area contributed by atoms with Crippen molar-refractivity contribution in [3.63, 3.8) is 0 Å². The average molecular weight is 211 g/mol. The third-order valence-corrected chi connectivity index (χ3v) is 3.01. The molecule has 0 fully saturated rings. The largest absolute Gasteiger partial charge is 0.298 e. The normalized spacial score (nSPS) is 16.6. The summed E-state index contributed by atoms with van der Waals surface area (Å²) in [4.78, 5) is 2.41. The Labute approximate surface area is 97.8 Å². The molecule has 16 heavy (non-hydrogen) atoms. The highest BCUT2D eigenvalue weighted by molar-refractivity contribution is 5.66. The first-order valence-corrected chi connectivity index (χ1v) is 5.80. The molecule has 0 amide bonds. The minimum atomic E-state index is 0.856. The van der Waals surface area contributed by atoms with Crippen LogP contribution in [-0.2, 0) is 0 Å². The maximum atomic E-state index is 5.27. The minimum absolute atomic E-state index is 0.856. The molecule has 0 saturated heterocycles. The first-order valence-electron chi connectivity index (χ1n) is 5.80. The molecule has 82 valence electrons. The number of hydrogen-bond donors (Lipinski definition) is 0. The summed E-state index contributed by atoms with van der Waals surface area (Å²) in [6.07, 6.45) is 9.59. The van der Waals surface area contributed by atoms with Crippen molar-refractivity contribution in [2.45, 2.75) is 12.8 Å². The van der Waals surface area contributed by atoms with E-state index < -0.39 is 0 Å². The summed E-state index contributed by atoms with van der Waals surface area (Å²) in [6.45, 7) is 3.18. The van der Waals surface area contributed by atoms with Crippen LogP contribution in [0.2, 0.25) is 0 Å². The maximum absolute atomic E-state index is 5.27.